The van der Waals surface area contributed by atoms with Crippen LogP contribution >= 0.6 is 0 Å². The minimum Gasteiger partial charge on any atom is -0.463 e. The fourth-order valence-corrected chi connectivity index (χ4v) is 1.83. The standard InChI is InChI=1S/C14H28O3/c1-12(2)17-14(16)11-13(3)9-7-5-4-6-8-10-15/h12-13,15H,4-11H2,1-3H3. The summed E-state index contributed by atoms with van der Waals surface area (Å²) in [6, 6.07) is 0. The third-order valence-electron chi connectivity index (χ3n) is 2.74. The van der Waals surface area contributed by atoms with Crippen LogP contribution in [0.15, 0.2) is 0 Å². The van der Waals surface area contributed by atoms with Crippen molar-refractivity contribution < 1.29 is 14.6 Å². The molecule has 0 amide bonds. The Morgan fingerprint density at radius 2 is 1.65 bits per heavy atom. The summed E-state index contributed by atoms with van der Waals surface area (Å²) in [7, 11) is 0. The number of aliphatic hydroxyl groups excluding tert-OH is 1. The Morgan fingerprint density at radius 3 is 2.24 bits per heavy atom. The SMILES string of the molecule is CC(CCCCCCCO)CC(=O)OC(C)C. The smallest absolute Gasteiger partial charge is 0.306 e. The van der Waals surface area contributed by atoms with Crippen LogP contribution in [0.5, 0.6) is 0 Å². The molecule has 102 valence electrons. The van der Waals surface area contributed by atoms with Crippen LogP contribution in [-0.4, -0.2) is 23.8 Å². The van der Waals surface area contributed by atoms with Crippen molar-refractivity contribution in [1.82, 2.24) is 0 Å². The van der Waals surface area contributed by atoms with Crippen molar-refractivity contribution >= 4 is 5.97 Å². The van der Waals surface area contributed by atoms with E-state index in [0.717, 1.165) is 19.3 Å². The van der Waals surface area contributed by atoms with E-state index in [9.17, 15) is 4.79 Å². The van der Waals surface area contributed by atoms with E-state index in [-0.39, 0.29) is 12.1 Å². The van der Waals surface area contributed by atoms with Crippen LogP contribution in [0.2, 0.25) is 0 Å². The number of carbonyl (C=O) groups is 1. The molecule has 0 aliphatic rings. The molecule has 0 saturated carbocycles. The van der Waals surface area contributed by atoms with Gasteiger partial charge >= 0.3 is 5.97 Å². The average molecular weight is 244 g/mol. The van der Waals surface area contributed by atoms with Gasteiger partial charge in [-0.3, -0.25) is 4.79 Å². The molecule has 1 N–H and O–H groups in total. The van der Waals surface area contributed by atoms with Gasteiger partial charge in [-0.05, 0) is 26.2 Å². The zero-order valence-electron chi connectivity index (χ0n) is 11.6. The first kappa shape index (κ1) is 16.4. The summed E-state index contributed by atoms with van der Waals surface area (Å²) in [5.74, 6) is 0.340. The van der Waals surface area contributed by atoms with Gasteiger partial charge in [-0.25, -0.2) is 0 Å². The molecule has 3 nitrogen and oxygen atoms in total. The van der Waals surface area contributed by atoms with Crippen molar-refractivity contribution in [2.24, 2.45) is 5.92 Å². The van der Waals surface area contributed by atoms with Crippen molar-refractivity contribution in [3.8, 4) is 0 Å². The van der Waals surface area contributed by atoms with E-state index >= 15 is 0 Å². The van der Waals surface area contributed by atoms with Crippen LogP contribution in [0.3, 0.4) is 0 Å². The number of hydrogen-bond donors (Lipinski definition) is 1. The first-order chi connectivity index (χ1) is 8.06. The van der Waals surface area contributed by atoms with E-state index in [4.69, 9.17) is 9.84 Å². The fraction of sp³-hybridized carbons (Fsp3) is 0.929. The average Bonchev–Trinajstić information content (AvgIpc) is 2.21. The topological polar surface area (TPSA) is 46.5 Å². The first-order valence-corrected chi connectivity index (χ1v) is 6.86. The lowest BCUT2D eigenvalue weighted by atomic mass is 9.99. The Bertz CT molecular complexity index is 190. The predicted molar refractivity (Wildman–Crippen MR) is 69.8 cm³/mol. The van der Waals surface area contributed by atoms with E-state index in [0.29, 0.717) is 18.9 Å². The van der Waals surface area contributed by atoms with Crippen LogP contribution in [0.25, 0.3) is 0 Å². The van der Waals surface area contributed by atoms with E-state index in [2.05, 4.69) is 6.92 Å². The van der Waals surface area contributed by atoms with Gasteiger partial charge < -0.3 is 9.84 Å². The van der Waals surface area contributed by atoms with Crippen molar-refractivity contribution in [2.45, 2.75) is 71.8 Å². The molecule has 0 aromatic heterocycles. The molecular weight excluding hydrogens is 216 g/mol. The van der Waals surface area contributed by atoms with Gasteiger partial charge in [-0.1, -0.05) is 39.0 Å². The number of esters is 1. The van der Waals surface area contributed by atoms with Gasteiger partial charge in [0.15, 0.2) is 0 Å². The number of aliphatic hydroxyl groups is 1. The van der Waals surface area contributed by atoms with Crippen molar-refractivity contribution in [3.05, 3.63) is 0 Å². The molecule has 0 rings (SSSR count). The van der Waals surface area contributed by atoms with Gasteiger partial charge in [0.1, 0.15) is 0 Å². The molecule has 1 unspecified atom stereocenters. The Balaban J connectivity index is 3.39. The second-order valence-electron chi connectivity index (χ2n) is 5.13. The number of hydrogen-bond acceptors (Lipinski definition) is 3. The summed E-state index contributed by atoms with van der Waals surface area (Å²) >= 11 is 0. The van der Waals surface area contributed by atoms with Crippen molar-refractivity contribution in [2.75, 3.05) is 6.61 Å². The molecular formula is C14H28O3. The van der Waals surface area contributed by atoms with Crippen LogP contribution in [0, 0.1) is 5.92 Å². The molecule has 0 saturated heterocycles. The van der Waals surface area contributed by atoms with Gasteiger partial charge in [-0.15, -0.1) is 0 Å². The third-order valence-corrected chi connectivity index (χ3v) is 2.74. The lowest BCUT2D eigenvalue weighted by Gasteiger charge is -2.12. The molecule has 0 spiro atoms. The summed E-state index contributed by atoms with van der Waals surface area (Å²) in [6.07, 6.45) is 7.19. The van der Waals surface area contributed by atoms with Crippen LogP contribution in [0.4, 0.5) is 0 Å². The van der Waals surface area contributed by atoms with Crippen LogP contribution in [-0.2, 0) is 9.53 Å². The highest BCUT2D eigenvalue weighted by Gasteiger charge is 2.11. The normalized spacial score (nSPS) is 12.8. The maximum atomic E-state index is 11.4. The number of rotatable bonds is 10. The van der Waals surface area contributed by atoms with Gasteiger partial charge in [0, 0.05) is 13.0 Å². The van der Waals surface area contributed by atoms with Crippen LogP contribution in [0.1, 0.15) is 65.7 Å². The van der Waals surface area contributed by atoms with Crippen molar-refractivity contribution in [1.29, 1.82) is 0 Å². The number of carbonyl (C=O) groups excluding carboxylic acids is 1. The number of ether oxygens (including phenoxy) is 1. The highest BCUT2D eigenvalue weighted by atomic mass is 16.5. The Labute approximate surface area is 106 Å². The molecule has 0 bridgehead atoms. The van der Waals surface area contributed by atoms with Crippen LogP contribution < -0.4 is 0 Å². The van der Waals surface area contributed by atoms with E-state index in [1.54, 1.807) is 0 Å². The van der Waals surface area contributed by atoms with Gasteiger partial charge in [0.25, 0.3) is 0 Å². The Hall–Kier alpha value is -0.570. The molecule has 0 aliphatic carbocycles. The van der Waals surface area contributed by atoms with E-state index < -0.39 is 0 Å². The molecule has 0 aromatic carbocycles. The highest BCUT2D eigenvalue weighted by molar-refractivity contribution is 5.69. The first-order valence-electron chi connectivity index (χ1n) is 6.86. The van der Waals surface area contributed by atoms with Gasteiger partial charge in [-0.2, -0.15) is 0 Å². The summed E-state index contributed by atoms with van der Waals surface area (Å²) in [4.78, 5) is 11.4. The maximum Gasteiger partial charge on any atom is 0.306 e. The summed E-state index contributed by atoms with van der Waals surface area (Å²) in [5.41, 5.74) is 0. The summed E-state index contributed by atoms with van der Waals surface area (Å²) < 4.78 is 5.11. The zero-order chi connectivity index (χ0) is 13.1. The number of unbranched alkanes of at least 4 members (excludes halogenated alkanes) is 4. The van der Waals surface area contributed by atoms with Crippen molar-refractivity contribution in [3.63, 3.8) is 0 Å². The predicted octanol–water partition coefficient (Wildman–Crippen LogP) is 3.30. The molecule has 17 heavy (non-hydrogen) atoms. The zero-order valence-corrected chi connectivity index (χ0v) is 11.6. The maximum absolute atomic E-state index is 11.4. The largest absolute Gasteiger partial charge is 0.463 e. The monoisotopic (exact) mass is 244 g/mol. The summed E-state index contributed by atoms with van der Waals surface area (Å²) in [5, 5.41) is 8.63. The molecule has 0 aromatic rings. The minimum absolute atomic E-state index is 0.00631. The van der Waals surface area contributed by atoms with E-state index in [1.807, 2.05) is 13.8 Å². The molecule has 0 radical (unpaired) electrons. The molecule has 0 fully saturated rings. The summed E-state index contributed by atoms with van der Waals surface area (Å²) in [6.45, 7) is 6.17. The lowest BCUT2D eigenvalue weighted by molar-refractivity contribution is -0.148. The van der Waals surface area contributed by atoms with Gasteiger partial charge in [0.2, 0.25) is 0 Å². The molecule has 0 aliphatic heterocycles. The highest BCUT2D eigenvalue weighted by Crippen LogP contribution is 2.15. The molecule has 0 heterocycles. The Morgan fingerprint density at radius 1 is 1.06 bits per heavy atom. The second kappa shape index (κ2) is 10.6. The fourth-order valence-electron chi connectivity index (χ4n) is 1.83. The van der Waals surface area contributed by atoms with E-state index in [1.165, 1.54) is 19.3 Å². The lowest BCUT2D eigenvalue weighted by Crippen LogP contribution is -2.14. The second-order valence-corrected chi connectivity index (χ2v) is 5.13. The third kappa shape index (κ3) is 11.7. The quantitative estimate of drug-likeness (QED) is 0.474. The Kier molecular flexibility index (Phi) is 10.2. The minimum atomic E-state index is -0.0761. The molecule has 1 atom stereocenters. The molecule has 3 heteroatoms. The van der Waals surface area contributed by atoms with Gasteiger partial charge in [0.05, 0.1) is 6.10 Å².